The number of carbonyl (C=O) groups is 1. The number of nitrogens with one attached hydrogen (secondary N) is 1. The maximum atomic E-state index is 13.3. The molecule has 3 aromatic rings. The molecule has 0 aliphatic heterocycles. The number of nitrogens with zero attached hydrogens (tertiary/aromatic N) is 1. The van der Waals surface area contributed by atoms with Crippen LogP contribution in [0.25, 0.3) is 11.3 Å². The number of anilines is 1. The SMILES string of the molecule is Cc1ccc(F)cc1NC(=O)CSc1nc(-c2ccc(Cl)cc2)cs1. The second-order valence-corrected chi connectivity index (χ2v) is 7.82. The number of rotatable bonds is 5. The summed E-state index contributed by atoms with van der Waals surface area (Å²) >= 11 is 8.72. The van der Waals surface area contributed by atoms with Gasteiger partial charge >= 0.3 is 0 Å². The fraction of sp³-hybridized carbons (Fsp3) is 0.111. The molecule has 1 aromatic heterocycles. The molecule has 0 spiro atoms. The van der Waals surface area contributed by atoms with E-state index in [-0.39, 0.29) is 17.5 Å². The van der Waals surface area contributed by atoms with E-state index < -0.39 is 0 Å². The number of thiazole rings is 1. The van der Waals surface area contributed by atoms with E-state index in [9.17, 15) is 9.18 Å². The van der Waals surface area contributed by atoms with Crippen LogP contribution in [-0.4, -0.2) is 16.6 Å². The lowest BCUT2D eigenvalue weighted by Gasteiger charge is -2.07. The molecule has 0 bridgehead atoms. The van der Waals surface area contributed by atoms with Gasteiger partial charge in [-0.3, -0.25) is 4.79 Å². The summed E-state index contributed by atoms with van der Waals surface area (Å²) in [7, 11) is 0. The van der Waals surface area contributed by atoms with Crippen molar-refractivity contribution in [3.63, 3.8) is 0 Å². The molecule has 3 nitrogen and oxygen atoms in total. The van der Waals surface area contributed by atoms with Crippen molar-refractivity contribution in [3.05, 3.63) is 64.2 Å². The minimum absolute atomic E-state index is 0.193. The van der Waals surface area contributed by atoms with Gasteiger partial charge in [0.25, 0.3) is 0 Å². The summed E-state index contributed by atoms with van der Waals surface area (Å²) in [6.07, 6.45) is 0. The van der Waals surface area contributed by atoms with Gasteiger partial charge in [-0.2, -0.15) is 0 Å². The highest BCUT2D eigenvalue weighted by Gasteiger charge is 2.10. The zero-order chi connectivity index (χ0) is 17.8. The summed E-state index contributed by atoms with van der Waals surface area (Å²) < 4.78 is 14.1. The summed E-state index contributed by atoms with van der Waals surface area (Å²) in [4.78, 5) is 16.6. The van der Waals surface area contributed by atoms with Crippen molar-refractivity contribution < 1.29 is 9.18 Å². The van der Waals surface area contributed by atoms with Gasteiger partial charge in [0.05, 0.1) is 11.4 Å². The molecule has 1 heterocycles. The van der Waals surface area contributed by atoms with E-state index in [0.717, 1.165) is 21.2 Å². The number of carbonyl (C=O) groups excluding carboxylic acids is 1. The molecule has 0 aliphatic carbocycles. The molecule has 0 fully saturated rings. The van der Waals surface area contributed by atoms with E-state index in [1.54, 1.807) is 6.07 Å². The second-order valence-electron chi connectivity index (χ2n) is 5.30. The zero-order valence-corrected chi connectivity index (χ0v) is 15.6. The minimum Gasteiger partial charge on any atom is -0.325 e. The van der Waals surface area contributed by atoms with Crippen LogP contribution in [0.15, 0.2) is 52.2 Å². The number of thioether (sulfide) groups is 1. The molecule has 3 rings (SSSR count). The van der Waals surface area contributed by atoms with Crippen LogP contribution in [0.2, 0.25) is 5.02 Å². The maximum Gasteiger partial charge on any atom is 0.234 e. The normalized spacial score (nSPS) is 10.7. The maximum absolute atomic E-state index is 13.3. The lowest BCUT2D eigenvalue weighted by atomic mass is 10.2. The lowest BCUT2D eigenvalue weighted by molar-refractivity contribution is -0.113. The number of aryl methyl sites for hydroxylation is 1. The molecule has 128 valence electrons. The second kappa shape index (κ2) is 7.99. The number of benzene rings is 2. The highest BCUT2D eigenvalue weighted by Crippen LogP contribution is 2.29. The summed E-state index contributed by atoms with van der Waals surface area (Å²) in [6.45, 7) is 1.82. The monoisotopic (exact) mass is 392 g/mol. The van der Waals surface area contributed by atoms with E-state index >= 15 is 0 Å². The van der Waals surface area contributed by atoms with E-state index in [2.05, 4.69) is 10.3 Å². The predicted molar refractivity (Wildman–Crippen MR) is 103 cm³/mol. The molecule has 0 unspecified atom stereocenters. The van der Waals surface area contributed by atoms with Gasteiger partial charge in [-0.25, -0.2) is 9.37 Å². The van der Waals surface area contributed by atoms with Crippen molar-refractivity contribution >= 4 is 46.3 Å². The Balaban J connectivity index is 1.59. The summed E-state index contributed by atoms with van der Waals surface area (Å²) in [5.41, 5.74) is 3.14. The van der Waals surface area contributed by atoms with Crippen LogP contribution in [0.5, 0.6) is 0 Å². The first-order chi connectivity index (χ1) is 12.0. The lowest BCUT2D eigenvalue weighted by Crippen LogP contribution is -2.14. The molecule has 1 amide bonds. The zero-order valence-electron chi connectivity index (χ0n) is 13.3. The van der Waals surface area contributed by atoms with Gasteiger partial charge < -0.3 is 5.32 Å². The van der Waals surface area contributed by atoms with Crippen LogP contribution in [0.3, 0.4) is 0 Å². The fourth-order valence-electron chi connectivity index (χ4n) is 2.12. The number of hydrogen-bond acceptors (Lipinski definition) is 4. The van der Waals surface area contributed by atoms with E-state index in [1.807, 2.05) is 36.6 Å². The van der Waals surface area contributed by atoms with Gasteiger partial charge in [-0.15, -0.1) is 11.3 Å². The Morgan fingerprint density at radius 1 is 1.28 bits per heavy atom. The van der Waals surface area contributed by atoms with Gasteiger partial charge in [0, 0.05) is 21.7 Å². The highest BCUT2D eigenvalue weighted by molar-refractivity contribution is 8.01. The van der Waals surface area contributed by atoms with Gasteiger partial charge in [-0.1, -0.05) is 41.6 Å². The highest BCUT2D eigenvalue weighted by atomic mass is 35.5. The van der Waals surface area contributed by atoms with Crippen molar-refractivity contribution in [3.8, 4) is 11.3 Å². The molecule has 0 aliphatic rings. The van der Waals surface area contributed by atoms with Crippen molar-refractivity contribution in [1.29, 1.82) is 0 Å². The van der Waals surface area contributed by atoms with E-state index in [1.165, 1.54) is 35.2 Å². The molecule has 0 saturated carbocycles. The molecular weight excluding hydrogens is 379 g/mol. The number of halogens is 2. The summed E-state index contributed by atoms with van der Waals surface area (Å²) in [5, 5.41) is 5.35. The Morgan fingerprint density at radius 3 is 2.80 bits per heavy atom. The average Bonchev–Trinajstić information content (AvgIpc) is 3.06. The third kappa shape index (κ3) is 4.81. The Labute approximate surface area is 158 Å². The van der Waals surface area contributed by atoms with Crippen LogP contribution in [0.1, 0.15) is 5.56 Å². The summed E-state index contributed by atoms with van der Waals surface area (Å²) in [5.74, 6) is -0.355. The first-order valence-electron chi connectivity index (χ1n) is 7.41. The van der Waals surface area contributed by atoms with Crippen molar-refractivity contribution in [2.24, 2.45) is 0 Å². The first-order valence-corrected chi connectivity index (χ1v) is 9.66. The summed E-state index contributed by atoms with van der Waals surface area (Å²) in [6, 6.07) is 11.8. The van der Waals surface area contributed by atoms with Crippen LogP contribution < -0.4 is 5.32 Å². The number of hydrogen-bond donors (Lipinski definition) is 1. The Hall–Kier alpha value is -1.89. The molecule has 25 heavy (non-hydrogen) atoms. The predicted octanol–water partition coefficient (Wildman–Crippen LogP) is 5.64. The molecule has 2 aromatic carbocycles. The van der Waals surface area contributed by atoms with Crippen LogP contribution in [0, 0.1) is 12.7 Å². The third-order valence-electron chi connectivity index (χ3n) is 3.42. The van der Waals surface area contributed by atoms with E-state index in [4.69, 9.17) is 11.6 Å². The van der Waals surface area contributed by atoms with Crippen molar-refractivity contribution in [2.45, 2.75) is 11.3 Å². The smallest absolute Gasteiger partial charge is 0.234 e. The average molecular weight is 393 g/mol. The Bertz CT molecular complexity index is 896. The Morgan fingerprint density at radius 2 is 2.04 bits per heavy atom. The topological polar surface area (TPSA) is 42.0 Å². The van der Waals surface area contributed by atoms with Crippen LogP contribution >= 0.6 is 34.7 Å². The molecular formula is C18H14ClFN2OS2. The van der Waals surface area contributed by atoms with Crippen LogP contribution in [0.4, 0.5) is 10.1 Å². The first kappa shape index (κ1) is 17.9. The molecule has 0 atom stereocenters. The van der Waals surface area contributed by atoms with Crippen molar-refractivity contribution in [2.75, 3.05) is 11.1 Å². The molecule has 1 N–H and O–H groups in total. The minimum atomic E-state index is -0.374. The third-order valence-corrected chi connectivity index (χ3v) is 5.70. The van der Waals surface area contributed by atoms with Gasteiger partial charge in [0.2, 0.25) is 5.91 Å². The number of aromatic nitrogens is 1. The van der Waals surface area contributed by atoms with Gasteiger partial charge in [0.15, 0.2) is 4.34 Å². The largest absolute Gasteiger partial charge is 0.325 e. The van der Waals surface area contributed by atoms with Crippen molar-refractivity contribution in [1.82, 2.24) is 4.98 Å². The number of amides is 1. The van der Waals surface area contributed by atoms with E-state index in [0.29, 0.717) is 10.7 Å². The van der Waals surface area contributed by atoms with Crippen LogP contribution in [-0.2, 0) is 4.79 Å². The molecule has 7 heteroatoms. The molecule has 0 saturated heterocycles. The Kier molecular flexibility index (Phi) is 5.73. The van der Waals surface area contributed by atoms with Gasteiger partial charge in [0.1, 0.15) is 5.82 Å². The van der Waals surface area contributed by atoms with Gasteiger partial charge in [-0.05, 0) is 36.8 Å². The fourth-order valence-corrected chi connectivity index (χ4v) is 3.88. The quantitative estimate of drug-likeness (QED) is 0.571. The standard InChI is InChI=1S/C18H14ClFN2OS2/c1-11-2-7-14(20)8-15(11)21-17(23)10-25-18-22-16(9-24-18)12-3-5-13(19)6-4-12/h2-9H,10H2,1H3,(H,21,23). The molecule has 0 radical (unpaired) electrons.